The lowest BCUT2D eigenvalue weighted by Crippen LogP contribution is -2.65. The van der Waals surface area contributed by atoms with E-state index in [1.807, 2.05) is 12.1 Å². The van der Waals surface area contributed by atoms with Gasteiger partial charge < -0.3 is 4.80 Å². The van der Waals surface area contributed by atoms with Gasteiger partial charge >= 0.3 is 0 Å². The first-order chi connectivity index (χ1) is 14.5. The van der Waals surface area contributed by atoms with E-state index in [2.05, 4.69) is 68.3 Å². The molecule has 0 saturated carbocycles. The summed E-state index contributed by atoms with van der Waals surface area (Å²) in [7, 11) is -2.84. The van der Waals surface area contributed by atoms with E-state index < -0.39 is 8.32 Å². The molecule has 0 aromatic heterocycles. The molecule has 0 bridgehead atoms. The highest BCUT2D eigenvalue weighted by atomic mass is 28.4. The summed E-state index contributed by atoms with van der Waals surface area (Å²) in [6, 6.07) is 20.7. The van der Waals surface area contributed by atoms with E-state index in [0.29, 0.717) is 0 Å². The average molecular weight is 421 g/mol. The van der Waals surface area contributed by atoms with Crippen molar-refractivity contribution in [1.82, 2.24) is 0 Å². The molecule has 2 heteroatoms. The van der Waals surface area contributed by atoms with Crippen LogP contribution in [0, 0.1) is 12.3 Å². The molecule has 0 spiro atoms. The van der Waals surface area contributed by atoms with E-state index >= 15 is 0 Å². The lowest BCUT2D eigenvalue weighted by Gasteiger charge is -2.41. The van der Waals surface area contributed by atoms with Crippen molar-refractivity contribution < 1.29 is 4.80 Å². The van der Waals surface area contributed by atoms with E-state index in [4.69, 9.17) is 6.42 Å². The minimum absolute atomic E-state index is 0.118. The Hall–Kier alpha value is -1.82. The Morgan fingerprint density at radius 2 is 1.10 bits per heavy atom. The van der Waals surface area contributed by atoms with Crippen LogP contribution in [0.2, 0.25) is 5.04 Å². The molecular formula is C28H40OSi. The van der Waals surface area contributed by atoms with E-state index in [1.165, 1.54) is 57.8 Å². The number of terminal acetylenes is 1. The zero-order chi connectivity index (χ0) is 21.7. The number of unbranched alkanes of at least 4 members (excludes halogenated alkanes) is 9. The Balaban J connectivity index is 1.85. The number of rotatable bonds is 14. The van der Waals surface area contributed by atoms with Crippen LogP contribution in [0.5, 0.6) is 0 Å². The SMILES string of the molecule is C#CCCCCCCCCCCCC(C)(C)[Si](O)(c1ccccc1)c1ccccc1. The van der Waals surface area contributed by atoms with E-state index in [0.717, 1.165) is 23.2 Å². The van der Waals surface area contributed by atoms with Gasteiger partial charge in [0.1, 0.15) is 0 Å². The third-order valence-corrected chi connectivity index (χ3v) is 11.0. The van der Waals surface area contributed by atoms with E-state index in [-0.39, 0.29) is 5.04 Å². The van der Waals surface area contributed by atoms with Crippen molar-refractivity contribution in [2.75, 3.05) is 0 Å². The maximum atomic E-state index is 12.2. The molecule has 0 atom stereocenters. The van der Waals surface area contributed by atoms with Crippen LogP contribution in [0.3, 0.4) is 0 Å². The minimum atomic E-state index is -2.84. The zero-order valence-electron chi connectivity index (χ0n) is 19.1. The van der Waals surface area contributed by atoms with Crippen molar-refractivity contribution in [2.24, 2.45) is 0 Å². The fourth-order valence-corrected chi connectivity index (χ4v) is 8.30. The predicted octanol–water partition coefficient (Wildman–Crippen LogP) is 6.44. The van der Waals surface area contributed by atoms with Crippen LogP contribution in [0.4, 0.5) is 0 Å². The van der Waals surface area contributed by atoms with Crippen LogP contribution in [0.1, 0.15) is 84.5 Å². The number of benzene rings is 2. The summed E-state index contributed by atoms with van der Waals surface area (Å²) < 4.78 is 0. The lowest BCUT2D eigenvalue weighted by molar-refractivity contribution is 0.445. The lowest BCUT2D eigenvalue weighted by atomic mass is 10.0. The molecule has 1 nitrogen and oxygen atoms in total. The van der Waals surface area contributed by atoms with Gasteiger partial charge in [-0.1, -0.05) is 126 Å². The van der Waals surface area contributed by atoms with Crippen molar-refractivity contribution in [1.29, 1.82) is 0 Å². The standard InChI is InChI=1S/C28H40OSi/c1-4-5-6-7-8-9-10-11-12-13-20-25-28(2,3)30(29,26-21-16-14-17-22-26)27-23-18-15-19-24-27/h1,14-19,21-24,29H,5-13,20,25H2,2-3H3. The van der Waals surface area contributed by atoms with Gasteiger partial charge in [0.25, 0.3) is 8.32 Å². The van der Waals surface area contributed by atoms with E-state index in [1.54, 1.807) is 0 Å². The molecule has 2 aromatic rings. The van der Waals surface area contributed by atoms with Gasteiger partial charge in [-0.15, -0.1) is 12.3 Å². The second-order valence-corrected chi connectivity index (χ2v) is 13.1. The average Bonchev–Trinajstić information content (AvgIpc) is 2.78. The van der Waals surface area contributed by atoms with Crippen molar-refractivity contribution in [2.45, 2.75) is 89.5 Å². The molecule has 0 amide bonds. The molecule has 0 aliphatic carbocycles. The first-order valence-electron chi connectivity index (χ1n) is 11.8. The molecule has 0 heterocycles. The van der Waals surface area contributed by atoms with Crippen LogP contribution in [0.25, 0.3) is 0 Å². The van der Waals surface area contributed by atoms with Crippen LogP contribution in [-0.4, -0.2) is 13.1 Å². The topological polar surface area (TPSA) is 20.2 Å². The predicted molar refractivity (Wildman–Crippen MR) is 134 cm³/mol. The van der Waals surface area contributed by atoms with Gasteiger partial charge in [-0.05, 0) is 28.3 Å². The summed E-state index contributed by atoms with van der Waals surface area (Å²) >= 11 is 0. The Bertz CT molecular complexity index is 706. The molecule has 162 valence electrons. The fraction of sp³-hybridized carbons (Fsp3) is 0.500. The van der Waals surface area contributed by atoms with Crippen LogP contribution < -0.4 is 10.4 Å². The molecule has 0 saturated heterocycles. The number of hydrogen-bond acceptors (Lipinski definition) is 1. The monoisotopic (exact) mass is 420 g/mol. The smallest absolute Gasteiger partial charge is 0.258 e. The van der Waals surface area contributed by atoms with Gasteiger partial charge in [0.05, 0.1) is 0 Å². The summed E-state index contributed by atoms with van der Waals surface area (Å²) in [5, 5.41) is 2.12. The molecule has 0 aliphatic rings. The largest absolute Gasteiger partial charge is 0.424 e. The highest BCUT2D eigenvalue weighted by Gasteiger charge is 2.49. The molecular weight excluding hydrogens is 380 g/mol. The quantitative estimate of drug-likeness (QED) is 0.212. The van der Waals surface area contributed by atoms with E-state index in [9.17, 15) is 4.80 Å². The van der Waals surface area contributed by atoms with Crippen molar-refractivity contribution >= 4 is 18.7 Å². The normalized spacial score (nSPS) is 11.9. The Labute approximate surface area is 186 Å². The molecule has 0 aliphatic heterocycles. The van der Waals surface area contributed by atoms with Crippen LogP contribution >= 0.6 is 0 Å². The first-order valence-corrected chi connectivity index (χ1v) is 13.7. The minimum Gasteiger partial charge on any atom is -0.424 e. The molecule has 2 rings (SSSR count). The summed E-state index contributed by atoms with van der Waals surface area (Å²) in [6.07, 6.45) is 18.8. The highest BCUT2D eigenvalue weighted by molar-refractivity contribution is 6.98. The van der Waals surface area contributed by atoms with Gasteiger partial charge in [-0.2, -0.15) is 0 Å². The highest BCUT2D eigenvalue weighted by Crippen LogP contribution is 2.40. The van der Waals surface area contributed by atoms with Gasteiger partial charge in [0, 0.05) is 6.42 Å². The molecule has 2 aromatic carbocycles. The molecule has 1 N–H and O–H groups in total. The van der Waals surface area contributed by atoms with Crippen molar-refractivity contribution in [3.63, 3.8) is 0 Å². The molecule has 0 radical (unpaired) electrons. The van der Waals surface area contributed by atoms with Gasteiger partial charge in [-0.3, -0.25) is 0 Å². The van der Waals surface area contributed by atoms with Gasteiger partial charge in [0.15, 0.2) is 0 Å². The Morgan fingerprint density at radius 3 is 1.53 bits per heavy atom. The van der Waals surface area contributed by atoms with Gasteiger partial charge in [-0.25, -0.2) is 0 Å². The Morgan fingerprint density at radius 1 is 0.700 bits per heavy atom. The molecule has 0 unspecified atom stereocenters. The third kappa shape index (κ3) is 6.86. The molecule has 30 heavy (non-hydrogen) atoms. The fourth-order valence-electron chi connectivity index (χ4n) is 4.52. The van der Waals surface area contributed by atoms with Crippen molar-refractivity contribution in [3.05, 3.63) is 60.7 Å². The summed E-state index contributed by atoms with van der Waals surface area (Å²) in [5.74, 6) is 2.72. The maximum Gasteiger partial charge on any atom is 0.258 e. The summed E-state index contributed by atoms with van der Waals surface area (Å²) in [4.78, 5) is 12.2. The zero-order valence-corrected chi connectivity index (χ0v) is 20.1. The van der Waals surface area contributed by atoms with Crippen LogP contribution in [0.15, 0.2) is 60.7 Å². The summed E-state index contributed by atoms with van der Waals surface area (Å²) in [5.41, 5.74) is 0. The maximum absolute atomic E-state index is 12.2. The second-order valence-electron chi connectivity index (χ2n) is 9.21. The second kappa shape index (κ2) is 12.8. The van der Waals surface area contributed by atoms with Crippen molar-refractivity contribution in [3.8, 4) is 12.3 Å². The molecule has 0 fully saturated rings. The Kier molecular flexibility index (Phi) is 10.4. The number of hydrogen-bond donors (Lipinski definition) is 1. The first kappa shape index (κ1) is 24.4. The third-order valence-electron chi connectivity index (χ3n) is 6.49. The van der Waals surface area contributed by atoms with Crippen LogP contribution in [-0.2, 0) is 0 Å². The van der Waals surface area contributed by atoms with Gasteiger partial charge in [0.2, 0.25) is 0 Å². The summed E-state index contributed by atoms with van der Waals surface area (Å²) in [6.45, 7) is 4.55.